The SMILES string of the molecule is CCCCCCCCN(CCCCCCCC)C(=O)Cc1ccccc1-c1nc2c(Cl)c(C(C)(C)C)[nH]n2n1. The minimum atomic E-state index is -0.139. The third kappa shape index (κ3) is 9.09. The Hall–Kier alpha value is -2.34. The molecule has 0 spiro atoms. The molecule has 0 radical (unpaired) electrons. The van der Waals surface area contributed by atoms with Gasteiger partial charge in [0.25, 0.3) is 0 Å². The average Bonchev–Trinajstić information content (AvgIpc) is 3.46. The first-order chi connectivity index (χ1) is 18.8. The minimum Gasteiger partial charge on any atom is -0.342 e. The Balaban J connectivity index is 1.71. The lowest BCUT2D eigenvalue weighted by molar-refractivity contribution is -0.130. The van der Waals surface area contributed by atoms with Crippen LogP contribution in [0.4, 0.5) is 0 Å². The Labute approximate surface area is 240 Å². The summed E-state index contributed by atoms with van der Waals surface area (Å²) in [6, 6.07) is 8.00. The van der Waals surface area contributed by atoms with Crippen molar-refractivity contribution in [1.29, 1.82) is 0 Å². The molecule has 3 aromatic rings. The number of hydrogen-bond donors (Lipinski definition) is 1. The molecule has 1 N–H and O–H groups in total. The molecular weight excluding hydrogens is 506 g/mol. The summed E-state index contributed by atoms with van der Waals surface area (Å²) in [4.78, 5) is 20.5. The number of unbranched alkanes of at least 4 members (excludes halogenated alkanes) is 10. The Morgan fingerprint density at radius 3 is 2.03 bits per heavy atom. The van der Waals surface area contributed by atoms with Crippen molar-refractivity contribution in [1.82, 2.24) is 24.7 Å². The lowest BCUT2D eigenvalue weighted by atomic mass is 9.92. The lowest BCUT2D eigenvalue weighted by Gasteiger charge is -2.23. The van der Waals surface area contributed by atoms with Gasteiger partial charge < -0.3 is 4.90 Å². The van der Waals surface area contributed by atoms with Crippen LogP contribution in [-0.2, 0) is 16.6 Å². The summed E-state index contributed by atoms with van der Waals surface area (Å²) in [5.41, 5.74) is 3.23. The number of H-pyrrole nitrogens is 1. The van der Waals surface area contributed by atoms with E-state index in [2.05, 4.69) is 44.6 Å². The summed E-state index contributed by atoms with van der Waals surface area (Å²) in [6.07, 6.45) is 15.1. The van der Waals surface area contributed by atoms with Crippen LogP contribution < -0.4 is 0 Å². The summed E-state index contributed by atoms with van der Waals surface area (Å²) in [5.74, 6) is 0.785. The summed E-state index contributed by atoms with van der Waals surface area (Å²) in [5, 5.41) is 8.59. The Bertz CT molecular complexity index is 1140. The zero-order valence-corrected chi connectivity index (χ0v) is 25.7. The summed E-state index contributed by atoms with van der Waals surface area (Å²) >= 11 is 6.67. The van der Waals surface area contributed by atoms with Gasteiger partial charge in [-0.3, -0.25) is 9.89 Å². The van der Waals surface area contributed by atoms with E-state index in [4.69, 9.17) is 21.7 Å². The van der Waals surface area contributed by atoms with Crippen LogP contribution in [0.2, 0.25) is 5.02 Å². The van der Waals surface area contributed by atoms with Crippen LogP contribution in [0.25, 0.3) is 17.0 Å². The van der Waals surface area contributed by atoms with E-state index in [1.54, 1.807) is 4.63 Å². The number of halogens is 1. The second-order valence-corrected chi connectivity index (χ2v) is 12.3. The van der Waals surface area contributed by atoms with Gasteiger partial charge in [-0.15, -0.1) is 5.10 Å². The molecule has 0 saturated carbocycles. The van der Waals surface area contributed by atoms with Crippen molar-refractivity contribution in [2.75, 3.05) is 13.1 Å². The molecule has 0 unspecified atom stereocenters. The van der Waals surface area contributed by atoms with Crippen LogP contribution in [0, 0.1) is 0 Å². The third-order valence-corrected chi connectivity index (χ3v) is 7.86. The van der Waals surface area contributed by atoms with Gasteiger partial charge in [-0.25, -0.2) is 4.98 Å². The van der Waals surface area contributed by atoms with Crippen LogP contribution >= 0.6 is 11.6 Å². The molecule has 1 aromatic carbocycles. The van der Waals surface area contributed by atoms with E-state index < -0.39 is 0 Å². The molecular formula is C32H50ClN5O. The van der Waals surface area contributed by atoms with Gasteiger partial charge in [-0.05, 0) is 18.4 Å². The zero-order chi connectivity index (χ0) is 28.3. The molecule has 0 fully saturated rings. The number of nitrogens with zero attached hydrogens (tertiary/aromatic N) is 4. The Morgan fingerprint density at radius 2 is 1.46 bits per heavy atom. The van der Waals surface area contributed by atoms with E-state index in [0.717, 1.165) is 42.8 Å². The smallest absolute Gasteiger partial charge is 0.227 e. The molecule has 3 rings (SSSR count). The Kier molecular flexibility index (Phi) is 12.4. The molecule has 0 bridgehead atoms. The molecule has 2 heterocycles. The van der Waals surface area contributed by atoms with Crippen molar-refractivity contribution < 1.29 is 4.79 Å². The number of hydrogen-bond acceptors (Lipinski definition) is 3. The maximum Gasteiger partial charge on any atom is 0.227 e. The highest BCUT2D eigenvalue weighted by Crippen LogP contribution is 2.32. The lowest BCUT2D eigenvalue weighted by Crippen LogP contribution is -2.34. The maximum absolute atomic E-state index is 13.6. The molecule has 0 atom stereocenters. The third-order valence-electron chi connectivity index (χ3n) is 7.51. The van der Waals surface area contributed by atoms with E-state index in [0.29, 0.717) is 22.9 Å². The molecule has 216 valence electrons. The number of fused-ring (bicyclic) bond motifs is 1. The molecule has 7 heteroatoms. The predicted molar refractivity (Wildman–Crippen MR) is 164 cm³/mol. The van der Waals surface area contributed by atoms with Crippen molar-refractivity contribution in [3.8, 4) is 11.4 Å². The minimum absolute atomic E-state index is 0.139. The van der Waals surface area contributed by atoms with Gasteiger partial charge >= 0.3 is 0 Å². The fourth-order valence-electron chi connectivity index (χ4n) is 5.10. The van der Waals surface area contributed by atoms with Gasteiger partial charge in [0.15, 0.2) is 11.5 Å². The highest BCUT2D eigenvalue weighted by atomic mass is 35.5. The van der Waals surface area contributed by atoms with E-state index in [9.17, 15) is 4.79 Å². The summed E-state index contributed by atoms with van der Waals surface area (Å²) < 4.78 is 1.65. The van der Waals surface area contributed by atoms with Crippen molar-refractivity contribution in [3.63, 3.8) is 0 Å². The van der Waals surface area contributed by atoms with Crippen molar-refractivity contribution in [3.05, 3.63) is 40.5 Å². The van der Waals surface area contributed by atoms with Crippen LogP contribution in [0.15, 0.2) is 24.3 Å². The molecule has 1 amide bonds. The highest BCUT2D eigenvalue weighted by Gasteiger charge is 2.25. The van der Waals surface area contributed by atoms with Gasteiger partial charge in [0.2, 0.25) is 5.91 Å². The molecule has 0 saturated heterocycles. The fraction of sp³-hybridized carbons (Fsp3) is 0.656. The van der Waals surface area contributed by atoms with Crippen molar-refractivity contribution >= 4 is 23.2 Å². The molecule has 6 nitrogen and oxygen atoms in total. The number of carbonyl (C=O) groups excluding carboxylic acids is 1. The number of nitrogens with one attached hydrogen (secondary N) is 1. The van der Waals surface area contributed by atoms with Crippen LogP contribution in [-0.4, -0.2) is 43.7 Å². The van der Waals surface area contributed by atoms with Gasteiger partial charge in [0.1, 0.15) is 5.02 Å². The first-order valence-electron chi connectivity index (χ1n) is 15.3. The monoisotopic (exact) mass is 555 g/mol. The first-order valence-corrected chi connectivity index (χ1v) is 15.6. The number of carbonyl (C=O) groups is 1. The standard InChI is InChI=1S/C32H50ClN5O/c1-6-8-10-12-14-18-22-37(23-19-15-13-11-9-7-2)27(39)24-25-20-16-17-21-26(25)30-34-31-28(33)29(32(3,4)5)35-38(31)36-30/h16-17,20-21,35H,6-15,18-19,22-24H2,1-5H3. The quantitative estimate of drug-likeness (QED) is 0.169. The normalized spacial score (nSPS) is 11.9. The number of aromatic nitrogens is 4. The molecule has 0 aliphatic heterocycles. The fourth-order valence-corrected chi connectivity index (χ4v) is 5.55. The van der Waals surface area contributed by atoms with Crippen LogP contribution in [0.1, 0.15) is 123 Å². The number of rotatable bonds is 17. The van der Waals surface area contributed by atoms with E-state index in [-0.39, 0.29) is 11.3 Å². The van der Waals surface area contributed by atoms with Crippen molar-refractivity contribution in [2.45, 2.75) is 124 Å². The largest absolute Gasteiger partial charge is 0.342 e. The second-order valence-electron chi connectivity index (χ2n) is 12.0. The number of aromatic amines is 1. The molecule has 0 aliphatic rings. The first kappa shape index (κ1) is 31.2. The molecule has 39 heavy (non-hydrogen) atoms. The predicted octanol–water partition coefficient (Wildman–Crippen LogP) is 8.77. The van der Waals surface area contributed by atoms with E-state index in [1.165, 1.54) is 64.2 Å². The van der Waals surface area contributed by atoms with Crippen molar-refractivity contribution in [2.24, 2.45) is 0 Å². The topological polar surface area (TPSA) is 66.3 Å². The second kappa shape index (κ2) is 15.4. The number of amides is 1. The van der Waals surface area contributed by atoms with E-state index >= 15 is 0 Å². The average molecular weight is 556 g/mol. The zero-order valence-electron chi connectivity index (χ0n) is 25.0. The summed E-state index contributed by atoms with van der Waals surface area (Å²) in [7, 11) is 0. The number of benzene rings is 1. The molecule has 0 aliphatic carbocycles. The maximum atomic E-state index is 13.6. The van der Waals surface area contributed by atoms with Crippen LogP contribution in [0.3, 0.4) is 0 Å². The highest BCUT2D eigenvalue weighted by molar-refractivity contribution is 6.34. The Morgan fingerprint density at radius 1 is 0.897 bits per heavy atom. The molecule has 2 aromatic heterocycles. The van der Waals surface area contributed by atoms with Gasteiger partial charge in [-0.2, -0.15) is 4.63 Å². The van der Waals surface area contributed by atoms with Gasteiger partial charge in [0, 0.05) is 24.1 Å². The van der Waals surface area contributed by atoms with Crippen LogP contribution in [0.5, 0.6) is 0 Å². The van der Waals surface area contributed by atoms with E-state index in [1.807, 2.05) is 24.3 Å². The summed E-state index contributed by atoms with van der Waals surface area (Å²) in [6.45, 7) is 12.5. The van der Waals surface area contributed by atoms with Gasteiger partial charge in [0.05, 0.1) is 12.1 Å². The van der Waals surface area contributed by atoms with Gasteiger partial charge in [-0.1, -0.05) is 135 Å².